The molecule has 3 rings (SSSR count). The summed E-state index contributed by atoms with van der Waals surface area (Å²) in [6.07, 6.45) is 0.608. The van der Waals surface area contributed by atoms with Gasteiger partial charge >= 0.3 is 5.97 Å². The second kappa shape index (κ2) is 10.1. The number of carbonyl (C=O) groups excluding carboxylic acids is 1. The van der Waals surface area contributed by atoms with Crippen LogP contribution in [0.4, 0.5) is 0 Å². The third kappa shape index (κ3) is 5.42. The van der Waals surface area contributed by atoms with Crippen molar-refractivity contribution in [3.05, 3.63) is 61.6 Å². The highest BCUT2D eigenvalue weighted by Crippen LogP contribution is 2.37. The number of nitrogens with zero attached hydrogens (tertiary/aromatic N) is 3. The number of fused-ring (bicyclic) bond motifs is 1. The lowest BCUT2D eigenvalue weighted by atomic mass is 9.95. The summed E-state index contributed by atoms with van der Waals surface area (Å²) in [5.41, 5.74) is 0.406. The van der Waals surface area contributed by atoms with Gasteiger partial charge in [-0.2, -0.15) is 9.78 Å². The van der Waals surface area contributed by atoms with Gasteiger partial charge < -0.3 is 14.2 Å². The molecule has 0 aliphatic rings. The van der Waals surface area contributed by atoms with Crippen molar-refractivity contribution >= 4 is 50.6 Å². The minimum absolute atomic E-state index is 0.198. The number of carbonyl (C=O) groups is 1. The molecule has 0 spiro atoms. The molecule has 34 heavy (non-hydrogen) atoms. The summed E-state index contributed by atoms with van der Waals surface area (Å²) in [6, 6.07) is 8.59. The van der Waals surface area contributed by atoms with Crippen LogP contribution in [0.3, 0.4) is 0 Å². The molecule has 0 saturated carbocycles. The number of methoxy groups -OCH3 is 2. The van der Waals surface area contributed by atoms with Crippen molar-refractivity contribution in [2.24, 2.45) is 5.10 Å². The van der Waals surface area contributed by atoms with Gasteiger partial charge in [-0.15, -0.1) is 0 Å². The highest BCUT2D eigenvalue weighted by Gasteiger charge is 2.23. The summed E-state index contributed by atoms with van der Waals surface area (Å²) in [6.45, 7) is 7.42. The van der Waals surface area contributed by atoms with E-state index in [1.807, 2.05) is 26.8 Å². The Morgan fingerprint density at radius 2 is 1.94 bits per heavy atom. The molecule has 1 heterocycles. The van der Waals surface area contributed by atoms with E-state index in [4.69, 9.17) is 26.1 Å². The van der Waals surface area contributed by atoms with E-state index in [9.17, 15) is 9.59 Å². The van der Waals surface area contributed by atoms with Crippen molar-refractivity contribution in [3.8, 4) is 11.5 Å². The quantitative estimate of drug-likeness (QED) is 0.319. The van der Waals surface area contributed by atoms with Gasteiger partial charge in [0.1, 0.15) is 5.82 Å². The Labute approximate surface area is 210 Å². The largest absolute Gasteiger partial charge is 0.493 e. The maximum absolute atomic E-state index is 13.3. The Hall–Kier alpha value is -2.91. The Bertz CT molecular complexity index is 1330. The first kappa shape index (κ1) is 25.7. The third-order valence-corrected chi connectivity index (χ3v) is 5.65. The Morgan fingerprint density at radius 1 is 1.24 bits per heavy atom. The van der Waals surface area contributed by atoms with Gasteiger partial charge in [0.05, 0.1) is 36.4 Å². The molecule has 0 saturated heterocycles. The fraction of sp³-hybridized carbons (Fsp3) is 0.333. The summed E-state index contributed by atoms with van der Waals surface area (Å²) in [7, 11) is 2.73. The average Bonchev–Trinajstić information content (AvgIpc) is 2.78. The van der Waals surface area contributed by atoms with Crippen molar-refractivity contribution in [1.29, 1.82) is 0 Å². The van der Waals surface area contributed by atoms with E-state index in [-0.39, 0.29) is 16.3 Å². The highest BCUT2D eigenvalue weighted by atomic mass is 79.9. The Kier molecular flexibility index (Phi) is 7.67. The molecule has 3 aromatic rings. The van der Waals surface area contributed by atoms with Gasteiger partial charge in [0, 0.05) is 9.89 Å². The second-order valence-corrected chi connectivity index (χ2v) is 9.85. The van der Waals surface area contributed by atoms with Crippen LogP contribution in [0.15, 0.2) is 44.7 Å². The number of ether oxygens (including phenoxy) is 3. The second-order valence-electron chi connectivity index (χ2n) is 8.53. The van der Waals surface area contributed by atoms with E-state index in [0.717, 1.165) is 4.47 Å². The minimum Gasteiger partial charge on any atom is -0.493 e. The third-order valence-electron chi connectivity index (χ3n) is 4.88. The lowest BCUT2D eigenvalue weighted by molar-refractivity contribution is -0.147. The van der Waals surface area contributed by atoms with Gasteiger partial charge in [-0.3, -0.25) is 4.79 Å². The monoisotopic (exact) mass is 549 g/mol. The molecule has 0 aliphatic carbocycles. The lowest BCUT2D eigenvalue weighted by Gasteiger charge is -2.21. The van der Waals surface area contributed by atoms with Gasteiger partial charge in [0.15, 0.2) is 17.6 Å². The number of hydrogen-bond acceptors (Lipinski definition) is 7. The van der Waals surface area contributed by atoms with Crippen LogP contribution in [0.5, 0.6) is 11.5 Å². The van der Waals surface area contributed by atoms with Crippen molar-refractivity contribution in [1.82, 2.24) is 9.66 Å². The first-order valence-electron chi connectivity index (χ1n) is 10.4. The fourth-order valence-electron chi connectivity index (χ4n) is 3.19. The minimum atomic E-state index is -0.883. The number of benzene rings is 2. The van der Waals surface area contributed by atoms with Gasteiger partial charge in [-0.05, 0) is 42.8 Å². The molecule has 0 amide bonds. The SMILES string of the molecule is COC(=O)[C@H](C)Oc1c(Cl)cc(C=Nn2c(C(C)(C)C)nc3ccc(Br)cc3c2=O)cc1OC. The maximum Gasteiger partial charge on any atom is 0.346 e. The van der Waals surface area contributed by atoms with Crippen molar-refractivity contribution < 1.29 is 19.0 Å². The molecule has 0 bridgehead atoms. The smallest absolute Gasteiger partial charge is 0.346 e. The van der Waals surface area contributed by atoms with E-state index in [0.29, 0.717) is 28.0 Å². The topological polar surface area (TPSA) is 92.0 Å². The zero-order valence-electron chi connectivity index (χ0n) is 19.7. The Balaban J connectivity index is 2.09. The van der Waals surface area contributed by atoms with Gasteiger partial charge in [-0.1, -0.05) is 48.3 Å². The Morgan fingerprint density at radius 3 is 2.56 bits per heavy atom. The van der Waals surface area contributed by atoms with Crippen molar-refractivity contribution in [2.75, 3.05) is 14.2 Å². The van der Waals surface area contributed by atoms with Gasteiger partial charge in [-0.25, -0.2) is 9.78 Å². The molecule has 0 unspecified atom stereocenters. The maximum atomic E-state index is 13.3. The molecule has 0 radical (unpaired) electrons. The predicted molar refractivity (Wildman–Crippen MR) is 136 cm³/mol. The first-order chi connectivity index (χ1) is 16.0. The molecule has 2 aromatic carbocycles. The van der Waals surface area contributed by atoms with Crippen LogP contribution in [0.2, 0.25) is 5.02 Å². The molecule has 10 heteroatoms. The summed E-state index contributed by atoms with van der Waals surface area (Å²) in [5.74, 6) is 0.458. The summed E-state index contributed by atoms with van der Waals surface area (Å²) < 4.78 is 17.8. The number of halogens is 2. The first-order valence-corrected chi connectivity index (χ1v) is 11.5. The van der Waals surface area contributed by atoms with Gasteiger partial charge in [0.2, 0.25) is 0 Å². The molecule has 1 aromatic heterocycles. The van der Waals surface area contributed by atoms with Crippen LogP contribution in [-0.4, -0.2) is 42.2 Å². The van der Waals surface area contributed by atoms with Crippen LogP contribution in [0, 0.1) is 0 Å². The fourth-order valence-corrected chi connectivity index (χ4v) is 3.81. The molecule has 0 N–H and O–H groups in total. The van der Waals surface area contributed by atoms with E-state index < -0.39 is 17.5 Å². The molecular weight excluding hydrogens is 526 g/mol. The van der Waals surface area contributed by atoms with Crippen molar-refractivity contribution in [3.63, 3.8) is 0 Å². The van der Waals surface area contributed by atoms with Crippen LogP contribution in [0.25, 0.3) is 10.9 Å². The molecule has 0 aliphatic heterocycles. The van der Waals surface area contributed by atoms with Crippen LogP contribution < -0.4 is 15.0 Å². The van der Waals surface area contributed by atoms with Crippen molar-refractivity contribution in [2.45, 2.75) is 39.2 Å². The number of aromatic nitrogens is 2. The number of esters is 1. The summed E-state index contributed by atoms with van der Waals surface area (Å²) >= 11 is 9.81. The molecule has 180 valence electrons. The molecular formula is C24H25BrClN3O5. The molecule has 0 fully saturated rings. The zero-order chi connectivity index (χ0) is 25.2. The van der Waals surface area contributed by atoms with Gasteiger partial charge in [0.25, 0.3) is 5.56 Å². The number of rotatable bonds is 6. The average molecular weight is 551 g/mol. The van der Waals surface area contributed by atoms with E-state index in [2.05, 4.69) is 25.8 Å². The number of hydrogen-bond donors (Lipinski definition) is 0. The lowest BCUT2D eigenvalue weighted by Crippen LogP contribution is -2.29. The van der Waals surface area contributed by atoms with E-state index >= 15 is 0 Å². The van der Waals surface area contributed by atoms with E-state index in [1.165, 1.54) is 25.1 Å². The molecule has 8 nitrogen and oxygen atoms in total. The van der Waals surface area contributed by atoms with Crippen LogP contribution in [-0.2, 0) is 14.9 Å². The normalized spacial score (nSPS) is 12.7. The summed E-state index contributed by atoms with van der Waals surface area (Å²) in [4.78, 5) is 29.7. The highest BCUT2D eigenvalue weighted by molar-refractivity contribution is 9.10. The molecule has 1 atom stereocenters. The predicted octanol–water partition coefficient (Wildman–Crippen LogP) is 4.94. The standard InChI is InChI=1S/C24H25BrClN3O5/c1-13(22(31)33-6)34-20-17(26)9-14(10-19(20)32-5)12-27-29-21(30)16-11-15(25)7-8-18(16)28-23(29)24(2,3)4/h7-13H,1-6H3/t13-/m0/s1. The summed E-state index contributed by atoms with van der Waals surface area (Å²) in [5, 5.41) is 5.09. The van der Waals surface area contributed by atoms with Crippen LogP contribution >= 0.6 is 27.5 Å². The van der Waals surface area contributed by atoms with Crippen LogP contribution in [0.1, 0.15) is 39.1 Å². The zero-order valence-corrected chi connectivity index (χ0v) is 22.0. The van der Waals surface area contributed by atoms with E-state index in [1.54, 1.807) is 31.2 Å².